The van der Waals surface area contributed by atoms with Gasteiger partial charge in [-0.15, -0.1) is 0 Å². The molecule has 0 saturated heterocycles. The van der Waals surface area contributed by atoms with Crippen molar-refractivity contribution in [1.29, 1.82) is 0 Å². The van der Waals surface area contributed by atoms with Gasteiger partial charge in [-0.1, -0.05) is 13.8 Å². The van der Waals surface area contributed by atoms with Gasteiger partial charge in [0.25, 0.3) is 5.91 Å². The molecule has 106 valence electrons. The van der Waals surface area contributed by atoms with Gasteiger partial charge in [-0.25, -0.2) is 4.98 Å². The molecule has 1 aromatic rings. The smallest absolute Gasteiger partial charge is 0.269 e. The van der Waals surface area contributed by atoms with E-state index in [-0.39, 0.29) is 11.3 Å². The van der Waals surface area contributed by atoms with Gasteiger partial charge in [-0.3, -0.25) is 10.6 Å². The van der Waals surface area contributed by atoms with Crippen molar-refractivity contribution in [2.75, 3.05) is 32.6 Å². The summed E-state index contributed by atoms with van der Waals surface area (Å²) < 4.78 is 0. The van der Waals surface area contributed by atoms with Crippen LogP contribution in [0.2, 0.25) is 0 Å². The van der Waals surface area contributed by atoms with Crippen LogP contribution in [0.5, 0.6) is 0 Å². The largest absolute Gasteiger partial charge is 0.350 e. The van der Waals surface area contributed by atoms with Crippen molar-refractivity contribution in [2.45, 2.75) is 13.8 Å². The van der Waals surface area contributed by atoms with Crippen LogP contribution < -0.4 is 16.6 Å². The lowest BCUT2D eigenvalue weighted by Gasteiger charge is -2.28. The molecule has 1 rings (SSSR count). The van der Waals surface area contributed by atoms with Crippen molar-refractivity contribution < 1.29 is 4.79 Å². The van der Waals surface area contributed by atoms with Crippen molar-refractivity contribution in [3.63, 3.8) is 0 Å². The number of nitrogens with one attached hydrogen (secondary N) is 2. The standard InChI is InChI=1S/C13H23N5O/c1-13(2,9-18(3)4)8-16-12(19)11-6-5-10(17-14)7-15-11/h5-7,17H,8-9,14H2,1-4H3,(H,16,19). The molecule has 0 atom stereocenters. The molecule has 0 aliphatic carbocycles. The quantitative estimate of drug-likeness (QED) is 0.520. The molecule has 0 spiro atoms. The zero-order chi connectivity index (χ0) is 14.5. The second-order valence-corrected chi connectivity index (χ2v) is 5.66. The molecular weight excluding hydrogens is 242 g/mol. The first-order valence-electron chi connectivity index (χ1n) is 6.20. The maximum absolute atomic E-state index is 11.9. The minimum absolute atomic E-state index is 0.0118. The van der Waals surface area contributed by atoms with E-state index in [0.717, 1.165) is 6.54 Å². The lowest BCUT2D eigenvalue weighted by Crippen LogP contribution is -2.40. The minimum atomic E-state index is -0.171. The van der Waals surface area contributed by atoms with Crippen LogP contribution in [0.15, 0.2) is 18.3 Å². The molecule has 0 bridgehead atoms. The molecule has 0 unspecified atom stereocenters. The van der Waals surface area contributed by atoms with Gasteiger partial charge in [0.05, 0.1) is 11.9 Å². The number of carbonyl (C=O) groups excluding carboxylic acids is 1. The predicted octanol–water partition coefficient (Wildman–Crippen LogP) is 0.685. The van der Waals surface area contributed by atoms with Crippen molar-refractivity contribution in [3.05, 3.63) is 24.0 Å². The highest BCUT2D eigenvalue weighted by molar-refractivity contribution is 5.92. The highest BCUT2D eigenvalue weighted by Crippen LogP contribution is 2.14. The molecule has 0 saturated carbocycles. The van der Waals surface area contributed by atoms with Gasteiger partial charge in [0.2, 0.25) is 0 Å². The number of carbonyl (C=O) groups is 1. The molecule has 0 aromatic carbocycles. The summed E-state index contributed by atoms with van der Waals surface area (Å²) in [6, 6.07) is 3.36. The topological polar surface area (TPSA) is 83.3 Å². The van der Waals surface area contributed by atoms with E-state index in [4.69, 9.17) is 5.84 Å². The Labute approximate surface area is 114 Å². The number of hydrogen-bond acceptors (Lipinski definition) is 5. The summed E-state index contributed by atoms with van der Waals surface area (Å²) in [4.78, 5) is 18.1. The molecular formula is C13H23N5O. The van der Waals surface area contributed by atoms with E-state index in [1.165, 1.54) is 6.20 Å². The Morgan fingerprint density at radius 3 is 2.58 bits per heavy atom. The van der Waals surface area contributed by atoms with Gasteiger partial charge in [-0.2, -0.15) is 0 Å². The lowest BCUT2D eigenvalue weighted by atomic mass is 9.93. The van der Waals surface area contributed by atoms with Crippen LogP contribution in [0, 0.1) is 5.41 Å². The highest BCUT2D eigenvalue weighted by Gasteiger charge is 2.20. The predicted molar refractivity (Wildman–Crippen MR) is 76.7 cm³/mol. The number of aromatic nitrogens is 1. The summed E-state index contributed by atoms with van der Waals surface area (Å²) in [6.45, 7) is 5.73. The first-order chi connectivity index (χ1) is 8.84. The number of nitrogens with zero attached hydrogens (tertiary/aromatic N) is 2. The van der Waals surface area contributed by atoms with Gasteiger partial charge in [0, 0.05) is 13.1 Å². The monoisotopic (exact) mass is 265 g/mol. The van der Waals surface area contributed by atoms with E-state index in [9.17, 15) is 4.79 Å². The first kappa shape index (κ1) is 15.4. The molecule has 1 heterocycles. The Hall–Kier alpha value is -1.66. The number of pyridine rings is 1. The maximum atomic E-state index is 11.9. The summed E-state index contributed by atoms with van der Waals surface area (Å²) in [6.07, 6.45) is 1.53. The SMILES string of the molecule is CN(C)CC(C)(C)CNC(=O)c1ccc(NN)cn1. The molecule has 0 radical (unpaired) electrons. The van der Waals surface area contributed by atoms with Gasteiger partial charge < -0.3 is 15.6 Å². The van der Waals surface area contributed by atoms with Crippen molar-refractivity contribution in [2.24, 2.45) is 11.3 Å². The number of amides is 1. The fourth-order valence-corrected chi connectivity index (χ4v) is 1.94. The second kappa shape index (κ2) is 6.49. The van der Waals surface area contributed by atoms with E-state index < -0.39 is 0 Å². The molecule has 1 aromatic heterocycles. The molecule has 1 amide bonds. The van der Waals surface area contributed by atoms with Crippen LogP contribution in [0.25, 0.3) is 0 Å². The zero-order valence-corrected chi connectivity index (χ0v) is 12.0. The lowest BCUT2D eigenvalue weighted by molar-refractivity contribution is 0.0924. The van der Waals surface area contributed by atoms with Crippen LogP contribution >= 0.6 is 0 Å². The number of hydrogen-bond donors (Lipinski definition) is 3. The van der Waals surface area contributed by atoms with Gasteiger partial charge in [0.15, 0.2) is 0 Å². The van der Waals surface area contributed by atoms with E-state index in [2.05, 4.69) is 34.5 Å². The number of anilines is 1. The average molecular weight is 265 g/mol. The van der Waals surface area contributed by atoms with Crippen molar-refractivity contribution >= 4 is 11.6 Å². The first-order valence-corrected chi connectivity index (χ1v) is 6.20. The Morgan fingerprint density at radius 1 is 1.42 bits per heavy atom. The number of rotatable bonds is 6. The highest BCUT2D eigenvalue weighted by atomic mass is 16.1. The molecule has 6 nitrogen and oxygen atoms in total. The van der Waals surface area contributed by atoms with Crippen LogP contribution in [0.3, 0.4) is 0 Å². The van der Waals surface area contributed by atoms with E-state index in [0.29, 0.717) is 17.9 Å². The second-order valence-electron chi connectivity index (χ2n) is 5.66. The molecule has 0 aliphatic heterocycles. The van der Waals surface area contributed by atoms with Gasteiger partial charge in [-0.05, 0) is 31.6 Å². The molecule has 0 aliphatic rings. The van der Waals surface area contributed by atoms with Crippen LogP contribution in [-0.2, 0) is 0 Å². The normalized spacial score (nSPS) is 11.5. The fraction of sp³-hybridized carbons (Fsp3) is 0.538. The van der Waals surface area contributed by atoms with Gasteiger partial charge >= 0.3 is 0 Å². The maximum Gasteiger partial charge on any atom is 0.269 e. The Bertz CT molecular complexity index is 414. The summed E-state index contributed by atoms with van der Waals surface area (Å²) in [5, 5.41) is 2.90. The summed E-state index contributed by atoms with van der Waals surface area (Å²) in [7, 11) is 4.04. The zero-order valence-electron chi connectivity index (χ0n) is 12.0. The fourth-order valence-electron chi connectivity index (χ4n) is 1.94. The third kappa shape index (κ3) is 5.23. The molecule has 6 heteroatoms. The summed E-state index contributed by atoms with van der Waals surface area (Å²) >= 11 is 0. The summed E-state index contributed by atoms with van der Waals surface area (Å²) in [5.41, 5.74) is 3.54. The summed E-state index contributed by atoms with van der Waals surface area (Å²) in [5.74, 6) is 5.07. The van der Waals surface area contributed by atoms with Crippen LogP contribution in [0.1, 0.15) is 24.3 Å². The number of nitrogen functional groups attached to an aromatic ring is 1. The van der Waals surface area contributed by atoms with Crippen LogP contribution in [0.4, 0.5) is 5.69 Å². The third-order valence-corrected chi connectivity index (χ3v) is 2.63. The van der Waals surface area contributed by atoms with Crippen molar-refractivity contribution in [3.8, 4) is 0 Å². The van der Waals surface area contributed by atoms with Crippen molar-refractivity contribution in [1.82, 2.24) is 15.2 Å². The molecule has 19 heavy (non-hydrogen) atoms. The van der Waals surface area contributed by atoms with E-state index in [1.54, 1.807) is 12.1 Å². The number of hydrazine groups is 1. The molecule has 4 N–H and O–H groups in total. The Balaban J connectivity index is 2.55. The average Bonchev–Trinajstić information content (AvgIpc) is 2.34. The number of nitrogens with two attached hydrogens (primary N) is 1. The van der Waals surface area contributed by atoms with Gasteiger partial charge in [0.1, 0.15) is 5.69 Å². The van der Waals surface area contributed by atoms with E-state index >= 15 is 0 Å². The Kier molecular flexibility index (Phi) is 5.26. The third-order valence-electron chi connectivity index (χ3n) is 2.63. The van der Waals surface area contributed by atoms with E-state index in [1.807, 2.05) is 14.1 Å². The molecule has 0 fully saturated rings. The Morgan fingerprint density at radius 2 is 2.11 bits per heavy atom. The minimum Gasteiger partial charge on any atom is -0.350 e. The van der Waals surface area contributed by atoms with Crippen LogP contribution in [-0.4, -0.2) is 43.0 Å².